The van der Waals surface area contributed by atoms with Crippen molar-refractivity contribution >= 4 is 28.7 Å². The first kappa shape index (κ1) is 17.5. The van der Waals surface area contributed by atoms with Crippen LogP contribution in [0.4, 0.5) is 0 Å². The van der Waals surface area contributed by atoms with Crippen molar-refractivity contribution < 1.29 is 9.21 Å². The van der Waals surface area contributed by atoms with Gasteiger partial charge in [0, 0.05) is 23.7 Å². The molecule has 0 aromatic carbocycles. The van der Waals surface area contributed by atoms with Crippen molar-refractivity contribution in [2.24, 2.45) is 0 Å². The van der Waals surface area contributed by atoms with E-state index in [1.807, 2.05) is 29.8 Å². The van der Waals surface area contributed by atoms with Gasteiger partial charge in [-0.05, 0) is 39.0 Å². The van der Waals surface area contributed by atoms with E-state index in [4.69, 9.17) is 4.42 Å². The molecule has 0 bridgehead atoms. The van der Waals surface area contributed by atoms with Crippen LogP contribution in [0.2, 0.25) is 0 Å². The summed E-state index contributed by atoms with van der Waals surface area (Å²) in [5.41, 5.74) is 2.14. The molecule has 3 rings (SSSR count). The van der Waals surface area contributed by atoms with Gasteiger partial charge in [-0.1, -0.05) is 0 Å². The van der Waals surface area contributed by atoms with Gasteiger partial charge >= 0.3 is 0 Å². The number of hydrogen-bond acceptors (Lipinski definition) is 5. The van der Waals surface area contributed by atoms with Crippen LogP contribution in [-0.4, -0.2) is 33.0 Å². The number of amides is 1. The molecule has 0 aliphatic carbocycles. The summed E-state index contributed by atoms with van der Waals surface area (Å²) in [6, 6.07) is 5.93. The molecule has 3 heterocycles. The Kier molecular flexibility index (Phi) is 5.43. The maximum absolute atomic E-state index is 12.4. The Morgan fingerprint density at radius 2 is 2.28 bits per heavy atom. The van der Waals surface area contributed by atoms with E-state index in [1.54, 1.807) is 24.2 Å². The Hall–Kier alpha value is -2.28. The fourth-order valence-corrected chi connectivity index (χ4v) is 3.33. The highest BCUT2D eigenvalue weighted by molar-refractivity contribution is 7.98. The normalized spacial score (nSPS) is 11.4. The molecule has 0 fully saturated rings. The van der Waals surface area contributed by atoms with Crippen molar-refractivity contribution in [1.29, 1.82) is 0 Å². The van der Waals surface area contributed by atoms with Crippen LogP contribution >= 0.6 is 11.8 Å². The summed E-state index contributed by atoms with van der Waals surface area (Å²) >= 11 is 1.72. The number of carbonyl (C=O) groups is 1. The monoisotopic (exact) mass is 358 g/mol. The Bertz CT molecular complexity index is 855. The number of rotatable bonds is 7. The number of aromatic nitrogens is 3. The van der Waals surface area contributed by atoms with Crippen LogP contribution in [0.15, 0.2) is 35.1 Å². The van der Waals surface area contributed by atoms with E-state index in [0.29, 0.717) is 12.1 Å². The van der Waals surface area contributed by atoms with E-state index in [0.717, 1.165) is 34.0 Å². The third kappa shape index (κ3) is 4.04. The predicted octanol–water partition coefficient (Wildman–Crippen LogP) is 3.58. The first-order valence-electron chi connectivity index (χ1n) is 8.29. The van der Waals surface area contributed by atoms with Crippen LogP contribution in [0, 0.1) is 6.92 Å². The second kappa shape index (κ2) is 7.74. The summed E-state index contributed by atoms with van der Waals surface area (Å²) in [7, 11) is 0. The number of aryl methyl sites for hydroxylation is 1. The first-order valence-corrected chi connectivity index (χ1v) is 9.45. The molecular weight excluding hydrogens is 336 g/mol. The zero-order valence-electron chi connectivity index (χ0n) is 14.7. The van der Waals surface area contributed by atoms with Crippen molar-refractivity contribution in [3.8, 4) is 0 Å². The standard InChI is InChI=1S/C18H22N4O2S/c1-12(2)22-17-14(10-20-22)9-16(13(3)21-17)18(23)19-6-8-25-11-15-5-4-7-24-15/h4-5,7,9-10,12H,6,8,11H2,1-3H3,(H,19,23). The van der Waals surface area contributed by atoms with E-state index in [2.05, 4.69) is 29.2 Å². The fourth-order valence-electron chi connectivity index (χ4n) is 2.57. The van der Waals surface area contributed by atoms with Crippen molar-refractivity contribution in [3.63, 3.8) is 0 Å². The zero-order chi connectivity index (χ0) is 17.8. The molecule has 1 N–H and O–H groups in total. The van der Waals surface area contributed by atoms with Crippen molar-refractivity contribution in [1.82, 2.24) is 20.1 Å². The molecule has 0 aliphatic rings. The molecule has 0 radical (unpaired) electrons. The molecule has 3 aromatic heterocycles. The molecule has 0 saturated carbocycles. The number of nitrogens with one attached hydrogen (secondary N) is 1. The number of fused-ring (bicyclic) bond motifs is 1. The molecule has 0 aliphatic heterocycles. The molecule has 132 valence electrons. The van der Waals surface area contributed by atoms with Gasteiger partial charge < -0.3 is 9.73 Å². The van der Waals surface area contributed by atoms with Crippen LogP contribution in [0.5, 0.6) is 0 Å². The largest absolute Gasteiger partial charge is 0.468 e. The number of carbonyl (C=O) groups excluding carboxylic acids is 1. The Morgan fingerprint density at radius 1 is 1.44 bits per heavy atom. The number of furan rings is 1. The lowest BCUT2D eigenvalue weighted by Crippen LogP contribution is -2.26. The van der Waals surface area contributed by atoms with Gasteiger partial charge in [-0.3, -0.25) is 4.79 Å². The van der Waals surface area contributed by atoms with Gasteiger partial charge in [0.05, 0.1) is 29.5 Å². The van der Waals surface area contributed by atoms with Gasteiger partial charge in [0.15, 0.2) is 5.65 Å². The second-order valence-electron chi connectivity index (χ2n) is 6.10. The summed E-state index contributed by atoms with van der Waals surface area (Å²) in [6.45, 7) is 6.58. The maximum Gasteiger partial charge on any atom is 0.253 e. The number of pyridine rings is 1. The summed E-state index contributed by atoms with van der Waals surface area (Å²) in [6.07, 6.45) is 3.43. The quantitative estimate of drug-likeness (QED) is 0.654. The van der Waals surface area contributed by atoms with Crippen LogP contribution in [0.1, 0.15) is 41.7 Å². The highest BCUT2D eigenvalue weighted by Crippen LogP contribution is 2.19. The average molecular weight is 358 g/mol. The molecule has 1 amide bonds. The van der Waals surface area contributed by atoms with Crippen LogP contribution < -0.4 is 5.32 Å². The van der Waals surface area contributed by atoms with Crippen LogP contribution in [0.25, 0.3) is 11.0 Å². The molecule has 7 heteroatoms. The Morgan fingerprint density at radius 3 is 3.00 bits per heavy atom. The number of nitrogens with zero attached hydrogens (tertiary/aromatic N) is 3. The first-order chi connectivity index (χ1) is 12.1. The summed E-state index contributed by atoms with van der Waals surface area (Å²) in [4.78, 5) is 17.0. The minimum atomic E-state index is -0.0946. The lowest BCUT2D eigenvalue weighted by atomic mass is 10.1. The van der Waals surface area contributed by atoms with E-state index in [1.165, 1.54) is 0 Å². The zero-order valence-corrected chi connectivity index (χ0v) is 15.5. The minimum Gasteiger partial charge on any atom is -0.468 e. The van der Waals surface area contributed by atoms with Gasteiger partial charge in [-0.15, -0.1) is 0 Å². The van der Waals surface area contributed by atoms with Gasteiger partial charge in [0.2, 0.25) is 0 Å². The van der Waals surface area contributed by atoms with E-state index in [-0.39, 0.29) is 11.9 Å². The Balaban J connectivity index is 1.59. The second-order valence-corrected chi connectivity index (χ2v) is 7.21. The van der Waals surface area contributed by atoms with Crippen LogP contribution in [-0.2, 0) is 5.75 Å². The predicted molar refractivity (Wildman–Crippen MR) is 99.9 cm³/mol. The molecule has 0 unspecified atom stereocenters. The SMILES string of the molecule is Cc1nc2c(cnn2C(C)C)cc1C(=O)NCCSCc1ccco1. The molecule has 0 spiro atoms. The molecule has 25 heavy (non-hydrogen) atoms. The van der Waals surface area contributed by atoms with E-state index in [9.17, 15) is 4.79 Å². The van der Waals surface area contributed by atoms with E-state index < -0.39 is 0 Å². The Labute approximate surface area is 151 Å². The molecule has 0 atom stereocenters. The smallest absolute Gasteiger partial charge is 0.253 e. The minimum absolute atomic E-state index is 0.0946. The van der Waals surface area contributed by atoms with Crippen molar-refractivity contribution in [2.75, 3.05) is 12.3 Å². The summed E-state index contributed by atoms with van der Waals surface area (Å²) in [5, 5.41) is 8.20. The fraction of sp³-hybridized carbons (Fsp3) is 0.389. The lowest BCUT2D eigenvalue weighted by Gasteiger charge is -2.09. The van der Waals surface area contributed by atoms with Gasteiger partial charge in [-0.25, -0.2) is 9.67 Å². The highest BCUT2D eigenvalue weighted by atomic mass is 32.2. The summed E-state index contributed by atoms with van der Waals surface area (Å²) < 4.78 is 7.15. The van der Waals surface area contributed by atoms with Gasteiger partial charge in [-0.2, -0.15) is 16.9 Å². The summed E-state index contributed by atoms with van der Waals surface area (Å²) in [5.74, 6) is 2.49. The third-order valence-corrected chi connectivity index (χ3v) is 4.83. The van der Waals surface area contributed by atoms with Crippen LogP contribution in [0.3, 0.4) is 0 Å². The lowest BCUT2D eigenvalue weighted by molar-refractivity contribution is 0.0955. The highest BCUT2D eigenvalue weighted by Gasteiger charge is 2.15. The average Bonchev–Trinajstić information content (AvgIpc) is 3.22. The third-order valence-electron chi connectivity index (χ3n) is 3.85. The maximum atomic E-state index is 12.4. The number of thioether (sulfide) groups is 1. The van der Waals surface area contributed by atoms with Gasteiger partial charge in [0.1, 0.15) is 5.76 Å². The topological polar surface area (TPSA) is 73.0 Å². The molecule has 3 aromatic rings. The molecular formula is C18H22N4O2S. The molecule has 6 nitrogen and oxygen atoms in total. The number of hydrogen-bond donors (Lipinski definition) is 1. The molecule has 0 saturated heterocycles. The van der Waals surface area contributed by atoms with Gasteiger partial charge in [0.25, 0.3) is 5.91 Å². The van der Waals surface area contributed by atoms with Crippen molar-refractivity contribution in [2.45, 2.75) is 32.6 Å². The van der Waals surface area contributed by atoms with Crippen molar-refractivity contribution in [3.05, 3.63) is 47.7 Å². The van der Waals surface area contributed by atoms with E-state index >= 15 is 0 Å².